The Kier molecular flexibility index (Phi) is 4.76. The Bertz CT molecular complexity index is 878. The van der Waals surface area contributed by atoms with Gasteiger partial charge in [0, 0.05) is 18.7 Å². The van der Waals surface area contributed by atoms with Crippen molar-refractivity contribution in [1.29, 1.82) is 0 Å². The second-order valence-electron chi connectivity index (χ2n) is 6.08. The quantitative estimate of drug-likeness (QED) is 0.793. The van der Waals surface area contributed by atoms with Gasteiger partial charge >= 0.3 is 0 Å². The monoisotopic (exact) mass is 343 g/mol. The summed E-state index contributed by atoms with van der Waals surface area (Å²) in [4.78, 5) is 35.6. The van der Waals surface area contributed by atoms with E-state index in [0.717, 1.165) is 6.07 Å². The van der Waals surface area contributed by atoms with Crippen LogP contribution in [0.2, 0.25) is 0 Å². The van der Waals surface area contributed by atoms with Crippen molar-refractivity contribution in [2.75, 3.05) is 6.54 Å². The Morgan fingerprint density at radius 2 is 2.08 bits per heavy atom. The van der Waals surface area contributed by atoms with E-state index in [9.17, 15) is 18.8 Å². The highest BCUT2D eigenvalue weighted by Crippen LogP contribution is 2.23. The van der Waals surface area contributed by atoms with Gasteiger partial charge in [0.25, 0.3) is 5.56 Å². The van der Waals surface area contributed by atoms with E-state index in [4.69, 9.17) is 5.73 Å². The highest BCUT2D eigenvalue weighted by molar-refractivity contribution is 5.97. The van der Waals surface area contributed by atoms with E-state index < -0.39 is 17.8 Å². The lowest BCUT2D eigenvalue weighted by atomic mass is 9.91. The molecule has 0 radical (unpaired) electrons. The molecule has 1 aromatic heterocycles. The van der Waals surface area contributed by atoms with Gasteiger partial charge in [-0.15, -0.1) is 0 Å². The van der Waals surface area contributed by atoms with Crippen molar-refractivity contribution < 1.29 is 14.0 Å². The lowest BCUT2D eigenvalue weighted by Gasteiger charge is -2.16. The number of carbonyl (C=O) groups excluding carboxylic acids is 2. The zero-order valence-corrected chi connectivity index (χ0v) is 13.4. The number of primary amides is 1. The number of aromatic nitrogens is 1. The normalized spacial score (nSPS) is 19.7. The minimum atomic E-state index is -0.695. The Hall–Kier alpha value is -2.80. The molecule has 0 aliphatic carbocycles. The molecule has 7 heteroatoms. The van der Waals surface area contributed by atoms with Crippen molar-refractivity contribution in [3.8, 4) is 5.69 Å². The maximum absolute atomic E-state index is 14.4. The van der Waals surface area contributed by atoms with Crippen molar-refractivity contribution in [3.05, 3.63) is 64.3 Å². The Morgan fingerprint density at radius 3 is 2.76 bits per heavy atom. The van der Waals surface area contributed by atoms with Crippen LogP contribution in [0.15, 0.2) is 47.4 Å². The molecule has 2 unspecified atom stereocenters. The van der Waals surface area contributed by atoms with Gasteiger partial charge in [-0.1, -0.05) is 6.07 Å². The largest absolute Gasteiger partial charge is 0.368 e. The van der Waals surface area contributed by atoms with Crippen LogP contribution in [0.5, 0.6) is 0 Å². The molecule has 3 rings (SSSR count). The topological polar surface area (TPSA) is 94.2 Å². The van der Waals surface area contributed by atoms with Gasteiger partial charge < -0.3 is 11.1 Å². The van der Waals surface area contributed by atoms with Gasteiger partial charge in [-0.2, -0.15) is 0 Å². The fourth-order valence-corrected chi connectivity index (χ4v) is 3.18. The van der Waals surface area contributed by atoms with E-state index in [2.05, 4.69) is 5.32 Å². The average Bonchev–Trinajstić information content (AvgIpc) is 3.03. The fourth-order valence-electron chi connectivity index (χ4n) is 3.18. The third-order valence-corrected chi connectivity index (χ3v) is 4.46. The van der Waals surface area contributed by atoms with Crippen LogP contribution in [0.25, 0.3) is 5.69 Å². The number of rotatable bonds is 5. The van der Waals surface area contributed by atoms with Crippen LogP contribution < -0.4 is 16.6 Å². The summed E-state index contributed by atoms with van der Waals surface area (Å²) in [6.45, 7) is 0.601. The first-order valence-electron chi connectivity index (χ1n) is 8.01. The number of pyridine rings is 1. The number of carbonyl (C=O) groups is 2. The van der Waals surface area contributed by atoms with Crippen LogP contribution in [-0.2, 0) is 4.79 Å². The first-order valence-corrected chi connectivity index (χ1v) is 8.01. The summed E-state index contributed by atoms with van der Waals surface area (Å²) in [6, 6.07) is 8.12. The molecule has 1 amide bonds. The molecule has 2 aromatic rings. The first kappa shape index (κ1) is 17.0. The molecular weight excluding hydrogens is 325 g/mol. The second-order valence-corrected chi connectivity index (χ2v) is 6.08. The van der Waals surface area contributed by atoms with E-state index in [1.165, 1.54) is 29.0 Å². The molecular formula is C18H18FN3O3. The number of nitrogens with two attached hydrogens (primary N) is 1. The standard InChI is InChI=1S/C18H18FN3O3/c19-14-10-12(22-8-2-1-3-16(22)24)4-5-13(14)15(23)9-11-6-7-21-17(11)18(20)25/h1-5,8,10-11,17,21H,6-7,9H2,(H2,20,25). The van der Waals surface area contributed by atoms with Crippen molar-refractivity contribution in [1.82, 2.24) is 9.88 Å². The highest BCUT2D eigenvalue weighted by atomic mass is 19.1. The number of halogens is 1. The van der Waals surface area contributed by atoms with Crippen LogP contribution in [0.1, 0.15) is 23.2 Å². The van der Waals surface area contributed by atoms with Crippen molar-refractivity contribution >= 4 is 11.7 Å². The van der Waals surface area contributed by atoms with Crippen LogP contribution in [-0.4, -0.2) is 28.8 Å². The minimum Gasteiger partial charge on any atom is -0.368 e. The number of nitrogens with zero attached hydrogens (tertiary/aromatic N) is 1. The number of hydrogen-bond acceptors (Lipinski definition) is 4. The lowest BCUT2D eigenvalue weighted by molar-refractivity contribution is -0.120. The summed E-state index contributed by atoms with van der Waals surface area (Å²) in [6.07, 6.45) is 2.21. The van der Waals surface area contributed by atoms with Crippen LogP contribution >= 0.6 is 0 Å². The molecule has 0 saturated carbocycles. The Morgan fingerprint density at radius 1 is 1.28 bits per heavy atom. The summed E-state index contributed by atoms with van der Waals surface area (Å²) >= 11 is 0. The van der Waals surface area contributed by atoms with Crippen molar-refractivity contribution in [2.45, 2.75) is 18.9 Å². The van der Waals surface area contributed by atoms with E-state index in [1.54, 1.807) is 12.1 Å². The van der Waals surface area contributed by atoms with Gasteiger partial charge in [0.15, 0.2) is 5.78 Å². The summed E-state index contributed by atoms with van der Waals surface area (Å²) in [7, 11) is 0. The fraction of sp³-hybridized carbons (Fsp3) is 0.278. The Labute approximate surface area is 143 Å². The van der Waals surface area contributed by atoms with Crippen LogP contribution in [0.4, 0.5) is 4.39 Å². The van der Waals surface area contributed by atoms with E-state index in [0.29, 0.717) is 18.7 Å². The van der Waals surface area contributed by atoms with Gasteiger partial charge in [0.2, 0.25) is 5.91 Å². The molecule has 130 valence electrons. The summed E-state index contributed by atoms with van der Waals surface area (Å²) in [5.41, 5.74) is 5.31. The summed E-state index contributed by atoms with van der Waals surface area (Å²) in [5.74, 6) is -1.82. The molecule has 1 aliphatic rings. The first-order chi connectivity index (χ1) is 12.0. The lowest BCUT2D eigenvalue weighted by Crippen LogP contribution is -2.41. The zero-order valence-electron chi connectivity index (χ0n) is 13.4. The molecule has 6 nitrogen and oxygen atoms in total. The van der Waals surface area contributed by atoms with Gasteiger partial charge in [-0.3, -0.25) is 19.0 Å². The molecule has 0 spiro atoms. The predicted octanol–water partition coefficient (Wildman–Crippen LogP) is 1.01. The molecule has 0 bridgehead atoms. The average molecular weight is 343 g/mol. The number of amides is 1. The van der Waals surface area contributed by atoms with E-state index in [-0.39, 0.29) is 29.2 Å². The maximum Gasteiger partial charge on any atom is 0.255 e. The van der Waals surface area contributed by atoms with Crippen molar-refractivity contribution in [2.24, 2.45) is 11.7 Å². The van der Waals surface area contributed by atoms with Gasteiger partial charge in [0.05, 0.1) is 17.3 Å². The summed E-state index contributed by atoms with van der Waals surface area (Å²) < 4.78 is 15.7. The third kappa shape index (κ3) is 3.51. The van der Waals surface area contributed by atoms with Crippen LogP contribution in [0.3, 0.4) is 0 Å². The molecule has 1 aliphatic heterocycles. The molecule has 1 saturated heterocycles. The second kappa shape index (κ2) is 6.98. The zero-order chi connectivity index (χ0) is 18.0. The molecule has 25 heavy (non-hydrogen) atoms. The summed E-state index contributed by atoms with van der Waals surface area (Å²) in [5, 5.41) is 2.96. The predicted molar refractivity (Wildman–Crippen MR) is 90.0 cm³/mol. The van der Waals surface area contributed by atoms with Gasteiger partial charge in [0.1, 0.15) is 5.82 Å². The number of nitrogens with one attached hydrogen (secondary N) is 1. The number of Topliss-reactive ketones (excluding diaryl/α,β-unsaturated/α-hetero) is 1. The van der Waals surface area contributed by atoms with E-state index >= 15 is 0 Å². The minimum absolute atomic E-state index is 0.0438. The van der Waals surface area contributed by atoms with Crippen LogP contribution in [0, 0.1) is 11.7 Å². The highest BCUT2D eigenvalue weighted by Gasteiger charge is 2.33. The maximum atomic E-state index is 14.4. The molecule has 1 fully saturated rings. The number of hydrogen-bond donors (Lipinski definition) is 2. The smallest absolute Gasteiger partial charge is 0.255 e. The molecule has 3 N–H and O–H groups in total. The van der Waals surface area contributed by atoms with Gasteiger partial charge in [-0.05, 0) is 43.1 Å². The SMILES string of the molecule is NC(=O)C1NCCC1CC(=O)c1ccc(-n2ccccc2=O)cc1F. The van der Waals surface area contributed by atoms with Gasteiger partial charge in [-0.25, -0.2) is 4.39 Å². The Balaban J connectivity index is 1.81. The van der Waals surface area contributed by atoms with E-state index in [1.807, 2.05) is 0 Å². The third-order valence-electron chi connectivity index (χ3n) is 4.46. The molecule has 2 heterocycles. The number of ketones is 1. The molecule has 2 atom stereocenters. The number of benzene rings is 1. The van der Waals surface area contributed by atoms with Crippen molar-refractivity contribution in [3.63, 3.8) is 0 Å². The molecule has 1 aromatic carbocycles.